The van der Waals surface area contributed by atoms with Crippen LogP contribution in [0.3, 0.4) is 0 Å². The van der Waals surface area contributed by atoms with Gasteiger partial charge in [-0.1, -0.05) is 23.9 Å². The molecule has 1 aromatic heterocycles. The molecule has 9 heteroatoms. The number of nitrogens with zero attached hydrogens (tertiary/aromatic N) is 3. The molecule has 0 aliphatic carbocycles. The smallest absolute Gasteiger partial charge is 0.143 e. The van der Waals surface area contributed by atoms with E-state index in [2.05, 4.69) is 4.98 Å². The Bertz CT molecular complexity index is 869. The lowest BCUT2D eigenvalue weighted by molar-refractivity contribution is -0.250. The maximum absolute atomic E-state index is 10.4. The van der Waals surface area contributed by atoms with E-state index >= 15 is 0 Å². The van der Waals surface area contributed by atoms with Crippen LogP contribution >= 0.6 is 11.8 Å². The van der Waals surface area contributed by atoms with Crippen molar-refractivity contribution in [2.75, 3.05) is 11.6 Å². The molecule has 0 bridgehead atoms. The molecule has 0 aliphatic heterocycles. The number of amides is 1. The van der Waals surface area contributed by atoms with Gasteiger partial charge in [-0.3, -0.25) is 0 Å². The van der Waals surface area contributed by atoms with E-state index in [-0.39, 0.29) is 39.2 Å². The van der Waals surface area contributed by atoms with Crippen LogP contribution in [0.1, 0.15) is 11.1 Å². The largest absolute Gasteiger partial charge is 0.530 e. The normalized spacial score (nSPS) is 9.75. The highest BCUT2D eigenvalue weighted by atomic mass is 32.2. The van der Waals surface area contributed by atoms with Gasteiger partial charge in [0.2, 0.25) is 0 Å². The number of phenols is 1. The molecule has 2 aromatic rings. The number of benzene rings is 1. The lowest BCUT2D eigenvalue weighted by Gasteiger charge is -2.13. The van der Waals surface area contributed by atoms with Crippen LogP contribution in [0, 0.1) is 22.7 Å². The number of pyridine rings is 1. The Labute approximate surface area is 141 Å². The second-order valence-corrected chi connectivity index (χ2v) is 5.41. The minimum Gasteiger partial charge on any atom is -0.530 e. The highest BCUT2D eigenvalue weighted by Crippen LogP contribution is 2.35. The average molecular weight is 340 g/mol. The molecular weight excluding hydrogens is 330 g/mol. The molecule has 120 valence electrons. The summed E-state index contributed by atoms with van der Waals surface area (Å²) in [6.45, 7) is 0. The maximum atomic E-state index is 10.4. The predicted molar refractivity (Wildman–Crippen MR) is 84.4 cm³/mol. The van der Waals surface area contributed by atoms with Gasteiger partial charge in [0.15, 0.2) is 0 Å². The van der Waals surface area contributed by atoms with E-state index in [9.17, 15) is 25.5 Å². The highest BCUT2D eigenvalue weighted by molar-refractivity contribution is 7.99. The van der Waals surface area contributed by atoms with Gasteiger partial charge >= 0.3 is 0 Å². The van der Waals surface area contributed by atoms with E-state index < -0.39 is 6.09 Å². The first-order chi connectivity index (χ1) is 11.5. The zero-order valence-electron chi connectivity index (χ0n) is 12.1. The van der Waals surface area contributed by atoms with Crippen molar-refractivity contribution in [3.05, 3.63) is 35.4 Å². The van der Waals surface area contributed by atoms with E-state index in [4.69, 9.17) is 5.73 Å². The summed E-state index contributed by atoms with van der Waals surface area (Å²) < 4.78 is 0. The van der Waals surface area contributed by atoms with Gasteiger partial charge in [0.05, 0.1) is 11.4 Å². The standard InChI is InChI=1S/C15H11N5O3S/c16-5-10-12(8-1-3-9(21)4-2-8)11(6-17)14(20-13(10)18)24-7-19-15(22)23/h1-4,19,21H,7H2,(H2,18,20)(H,22,23)/p-1. The number of nitriles is 2. The monoisotopic (exact) mass is 340 g/mol. The molecule has 24 heavy (non-hydrogen) atoms. The van der Waals surface area contributed by atoms with Crippen LogP contribution in [-0.2, 0) is 0 Å². The van der Waals surface area contributed by atoms with Crippen molar-refractivity contribution in [2.24, 2.45) is 0 Å². The van der Waals surface area contributed by atoms with Crippen LogP contribution in [0.2, 0.25) is 0 Å². The number of anilines is 1. The molecule has 1 amide bonds. The first kappa shape index (κ1) is 16.9. The Morgan fingerprint density at radius 1 is 1.29 bits per heavy atom. The van der Waals surface area contributed by atoms with Gasteiger partial charge in [0, 0.05) is 5.56 Å². The van der Waals surface area contributed by atoms with Gasteiger partial charge in [0.1, 0.15) is 40.4 Å². The molecule has 1 heterocycles. The van der Waals surface area contributed by atoms with Crippen LogP contribution in [0.5, 0.6) is 5.75 Å². The summed E-state index contributed by atoms with van der Waals surface area (Å²) in [5.41, 5.74) is 6.72. The summed E-state index contributed by atoms with van der Waals surface area (Å²) in [5.74, 6) is -0.134. The number of carbonyl (C=O) groups excluding carboxylic acids is 1. The lowest BCUT2D eigenvalue weighted by atomic mass is 9.97. The van der Waals surface area contributed by atoms with Crippen molar-refractivity contribution >= 4 is 23.7 Å². The quantitative estimate of drug-likeness (QED) is 0.543. The van der Waals surface area contributed by atoms with E-state index in [0.717, 1.165) is 11.8 Å². The molecule has 8 nitrogen and oxygen atoms in total. The van der Waals surface area contributed by atoms with Crippen molar-refractivity contribution in [3.63, 3.8) is 0 Å². The number of nitrogens with two attached hydrogens (primary N) is 1. The summed E-state index contributed by atoms with van der Waals surface area (Å²) in [4.78, 5) is 14.4. The van der Waals surface area contributed by atoms with Gasteiger partial charge < -0.3 is 26.1 Å². The molecular formula is C15H10N5O3S-. The number of thioether (sulfide) groups is 1. The number of aromatic nitrogens is 1. The number of phenolic OH excluding ortho intramolecular Hbond substituents is 1. The van der Waals surface area contributed by atoms with Crippen LogP contribution in [-0.4, -0.2) is 22.1 Å². The number of hydrogen-bond acceptors (Lipinski definition) is 8. The van der Waals surface area contributed by atoms with Crippen molar-refractivity contribution in [1.29, 1.82) is 10.5 Å². The van der Waals surface area contributed by atoms with E-state index in [0.29, 0.717) is 5.56 Å². The lowest BCUT2D eigenvalue weighted by Crippen LogP contribution is -2.36. The fourth-order valence-electron chi connectivity index (χ4n) is 1.98. The molecule has 0 saturated carbocycles. The van der Waals surface area contributed by atoms with Gasteiger partial charge in [-0.25, -0.2) is 4.98 Å². The maximum Gasteiger partial charge on any atom is 0.143 e. The summed E-state index contributed by atoms with van der Waals surface area (Å²) >= 11 is 0.941. The van der Waals surface area contributed by atoms with E-state index in [1.165, 1.54) is 12.1 Å². The third-order valence-electron chi connectivity index (χ3n) is 3.00. The number of carboxylic acid groups (broad SMARTS) is 1. The third kappa shape index (κ3) is 3.48. The SMILES string of the molecule is N#Cc1c(N)nc(SCNC(=O)[O-])c(C#N)c1-c1ccc(O)cc1. The van der Waals surface area contributed by atoms with Crippen molar-refractivity contribution in [3.8, 4) is 29.0 Å². The molecule has 0 atom stereocenters. The van der Waals surface area contributed by atoms with Crippen molar-refractivity contribution in [1.82, 2.24) is 10.3 Å². The first-order valence-corrected chi connectivity index (χ1v) is 7.47. The number of hydrogen-bond donors (Lipinski definition) is 3. The second-order valence-electron chi connectivity index (χ2n) is 4.45. The number of carbonyl (C=O) groups is 1. The molecule has 0 spiro atoms. The molecule has 0 fully saturated rings. The fourth-order valence-corrected chi connectivity index (χ4v) is 2.76. The zero-order chi connectivity index (χ0) is 17.7. The first-order valence-electron chi connectivity index (χ1n) is 6.48. The van der Waals surface area contributed by atoms with E-state index in [1.807, 2.05) is 17.5 Å². The van der Waals surface area contributed by atoms with Gasteiger partial charge in [-0.2, -0.15) is 10.5 Å². The molecule has 0 radical (unpaired) electrons. The van der Waals surface area contributed by atoms with Gasteiger partial charge in [-0.05, 0) is 17.7 Å². The molecule has 0 saturated heterocycles. The Balaban J connectivity index is 2.60. The predicted octanol–water partition coefficient (Wildman–Crippen LogP) is 0.762. The fraction of sp³-hybridized carbons (Fsp3) is 0.0667. The van der Waals surface area contributed by atoms with Gasteiger partial charge in [0.25, 0.3) is 0 Å². The van der Waals surface area contributed by atoms with Crippen molar-refractivity contribution in [2.45, 2.75) is 5.03 Å². The molecule has 4 N–H and O–H groups in total. The minimum atomic E-state index is -1.46. The number of aromatic hydroxyl groups is 1. The minimum absolute atomic E-state index is 0.0329. The number of nitrogens with one attached hydrogen (secondary N) is 1. The summed E-state index contributed by atoms with van der Waals surface area (Å²) in [6.07, 6.45) is -1.46. The highest BCUT2D eigenvalue weighted by Gasteiger charge is 2.20. The average Bonchev–Trinajstić information content (AvgIpc) is 2.54. The Morgan fingerprint density at radius 3 is 2.46 bits per heavy atom. The molecule has 1 aromatic carbocycles. The van der Waals surface area contributed by atoms with Crippen LogP contribution in [0.15, 0.2) is 29.3 Å². The molecule has 2 rings (SSSR count). The molecule has 0 unspecified atom stereocenters. The third-order valence-corrected chi connectivity index (χ3v) is 3.85. The summed E-state index contributed by atoms with van der Waals surface area (Å²) in [6, 6.07) is 9.81. The second kappa shape index (κ2) is 7.22. The molecule has 0 aliphatic rings. The number of rotatable bonds is 4. The summed E-state index contributed by atoms with van der Waals surface area (Å²) in [5, 5.41) is 40.9. The van der Waals surface area contributed by atoms with E-state index in [1.54, 1.807) is 12.1 Å². The van der Waals surface area contributed by atoms with Gasteiger partial charge in [-0.15, -0.1) is 0 Å². The van der Waals surface area contributed by atoms with Crippen molar-refractivity contribution < 1.29 is 15.0 Å². The van der Waals surface area contributed by atoms with Crippen LogP contribution < -0.4 is 16.2 Å². The Morgan fingerprint density at radius 2 is 1.92 bits per heavy atom. The van der Waals surface area contributed by atoms with Crippen LogP contribution in [0.4, 0.5) is 10.6 Å². The number of nitrogen functional groups attached to an aromatic ring is 1. The Hall–Kier alpha value is -3.43. The Kier molecular flexibility index (Phi) is 5.09. The topological polar surface area (TPSA) is 159 Å². The summed E-state index contributed by atoms with van der Waals surface area (Å²) in [7, 11) is 0. The van der Waals surface area contributed by atoms with Crippen LogP contribution in [0.25, 0.3) is 11.1 Å². The zero-order valence-corrected chi connectivity index (χ0v) is 12.9.